The Kier molecular flexibility index (Phi) is 5.49. The molecule has 0 bridgehead atoms. The third kappa shape index (κ3) is 4.39. The zero-order valence-corrected chi connectivity index (χ0v) is 9.65. The number of nitrogens with one attached hydrogen (secondary N) is 1. The van der Waals surface area contributed by atoms with Crippen LogP contribution >= 0.6 is 0 Å². The molecular formula is C10H19N5O. The average Bonchev–Trinajstić information content (AvgIpc) is 2.66. The molecule has 0 saturated heterocycles. The van der Waals surface area contributed by atoms with Gasteiger partial charge < -0.3 is 11.1 Å². The first-order valence-corrected chi connectivity index (χ1v) is 5.62. The molecule has 0 saturated carbocycles. The molecule has 6 nitrogen and oxygen atoms in total. The Balaban J connectivity index is 2.36. The maximum atomic E-state index is 11.3. The van der Waals surface area contributed by atoms with Crippen molar-refractivity contribution in [1.82, 2.24) is 20.3 Å². The number of nitrogens with zero attached hydrogens (tertiary/aromatic N) is 3. The summed E-state index contributed by atoms with van der Waals surface area (Å²) in [4.78, 5) is 11.3. The third-order valence-electron chi connectivity index (χ3n) is 2.15. The Morgan fingerprint density at radius 1 is 1.56 bits per heavy atom. The van der Waals surface area contributed by atoms with Crippen molar-refractivity contribution in [2.24, 2.45) is 5.73 Å². The minimum absolute atomic E-state index is 0.0408. The Labute approximate surface area is 95.2 Å². The van der Waals surface area contributed by atoms with Gasteiger partial charge in [0.2, 0.25) is 5.91 Å². The summed E-state index contributed by atoms with van der Waals surface area (Å²) in [6, 6.07) is 0. The molecule has 0 fully saturated rings. The lowest BCUT2D eigenvalue weighted by molar-refractivity contribution is -0.121. The Bertz CT molecular complexity index is 323. The van der Waals surface area contributed by atoms with Crippen LogP contribution in [0.2, 0.25) is 0 Å². The maximum Gasteiger partial charge on any atom is 0.241 e. The van der Waals surface area contributed by atoms with Crippen molar-refractivity contribution < 1.29 is 4.79 Å². The number of aryl methyl sites for hydroxylation is 1. The van der Waals surface area contributed by atoms with Crippen LogP contribution in [0.15, 0.2) is 6.20 Å². The third-order valence-corrected chi connectivity index (χ3v) is 2.15. The summed E-state index contributed by atoms with van der Waals surface area (Å²) in [7, 11) is 0. The van der Waals surface area contributed by atoms with Crippen LogP contribution in [-0.4, -0.2) is 34.0 Å². The summed E-state index contributed by atoms with van der Waals surface area (Å²) in [5.74, 6) is -0.0408. The highest BCUT2D eigenvalue weighted by Gasteiger charge is 2.04. The van der Waals surface area contributed by atoms with Gasteiger partial charge in [-0.25, -0.2) is 4.68 Å². The first kappa shape index (κ1) is 12.6. The molecular weight excluding hydrogens is 206 g/mol. The summed E-state index contributed by atoms with van der Waals surface area (Å²) in [5, 5.41) is 10.6. The largest absolute Gasteiger partial charge is 0.355 e. The molecule has 0 aliphatic heterocycles. The molecule has 1 amide bonds. The van der Waals surface area contributed by atoms with Crippen LogP contribution in [-0.2, 0) is 17.8 Å². The average molecular weight is 225 g/mol. The van der Waals surface area contributed by atoms with E-state index in [-0.39, 0.29) is 12.5 Å². The van der Waals surface area contributed by atoms with Crippen LogP contribution in [0.1, 0.15) is 25.5 Å². The van der Waals surface area contributed by atoms with Crippen LogP contribution in [0.3, 0.4) is 0 Å². The molecule has 0 unspecified atom stereocenters. The molecule has 3 N–H and O–H groups in total. The van der Waals surface area contributed by atoms with Crippen molar-refractivity contribution in [1.29, 1.82) is 0 Å². The van der Waals surface area contributed by atoms with Gasteiger partial charge in [-0.1, -0.05) is 5.21 Å². The highest BCUT2D eigenvalue weighted by molar-refractivity contribution is 5.75. The number of carbonyl (C=O) groups excluding carboxylic acids is 1. The second-order valence-corrected chi connectivity index (χ2v) is 3.61. The molecule has 1 aromatic heterocycles. The van der Waals surface area contributed by atoms with Crippen LogP contribution in [0.25, 0.3) is 0 Å². The van der Waals surface area contributed by atoms with Gasteiger partial charge in [0, 0.05) is 12.7 Å². The molecule has 1 heterocycles. The molecule has 16 heavy (non-hydrogen) atoms. The second kappa shape index (κ2) is 6.95. The first-order valence-electron chi connectivity index (χ1n) is 5.62. The van der Waals surface area contributed by atoms with Crippen molar-refractivity contribution >= 4 is 5.91 Å². The van der Waals surface area contributed by atoms with Gasteiger partial charge in [0.25, 0.3) is 0 Å². The van der Waals surface area contributed by atoms with E-state index in [1.807, 2.05) is 13.1 Å². The summed E-state index contributed by atoms with van der Waals surface area (Å²) in [6.07, 6.45) is 4.68. The van der Waals surface area contributed by atoms with Gasteiger partial charge in [0.15, 0.2) is 0 Å². The standard InChI is InChI=1S/C10H19N5O/c1-2-12-10(16)8-15-7-9(13-14-15)5-3-4-6-11/h7H,2-6,8,11H2,1H3,(H,12,16). The normalized spacial score (nSPS) is 10.4. The number of likely N-dealkylation sites (N-methyl/N-ethyl adjacent to an activating group) is 1. The molecule has 1 aromatic rings. The molecule has 0 atom stereocenters. The van der Waals surface area contributed by atoms with Gasteiger partial charge in [0.1, 0.15) is 6.54 Å². The predicted molar refractivity (Wildman–Crippen MR) is 60.7 cm³/mol. The van der Waals surface area contributed by atoms with E-state index in [0.29, 0.717) is 13.1 Å². The number of amides is 1. The molecule has 90 valence electrons. The highest BCUT2D eigenvalue weighted by Crippen LogP contribution is 1.99. The van der Waals surface area contributed by atoms with E-state index in [2.05, 4.69) is 15.6 Å². The highest BCUT2D eigenvalue weighted by atomic mass is 16.2. The SMILES string of the molecule is CCNC(=O)Cn1cc(CCCCN)nn1. The summed E-state index contributed by atoms with van der Waals surface area (Å²) in [6.45, 7) is 3.46. The Morgan fingerprint density at radius 2 is 2.38 bits per heavy atom. The van der Waals surface area contributed by atoms with E-state index in [0.717, 1.165) is 25.0 Å². The molecule has 0 aliphatic rings. The minimum Gasteiger partial charge on any atom is -0.355 e. The van der Waals surface area contributed by atoms with Gasteiger partial charge in [-0.05, 0) is 32.7 Å². The van der Waals surface area contributed by atoms with Crippen molar-refractivity contribution in [2.75, 3.05) is 13.1 Å². The molecule has 0 spiro atoms. The fourth-order valence-corrected chi connectivity index (χ4v) is 1.38. The van der Waals surface area contributed by atoms with Crippen LogP contribution < -0.4 is 11.1 Å². The second-order valence-electron chi connectivity index (χ2n) is 3.61. The van der Waals surface area contributed by atoms with Gasteiger partial charge in [-0.3, -0.25) is 4.79 Å². The van der Waals surface area contributed by atoms with Crippen LogP contribution in [0, 0.1) is 0 Å². The van der Waals surface area contributed by atoms with Crippen molar-refractivity contribution in [3.8, 4) is 0 Å². The van der Waals surface area contributed by atoms with E-state index in [9.17, 15) is 4.79 Å². The summed E-state index contributed by atoms with van der Waals surface area (Å²) < 4.78 is 1.56. The summed E-state index contributed by atoms with van der Waals surface area (Å²) >= 11 is 0. The number of unbranched alkanes of at least 4 members (excludes halogenated alkanes) is 1. The molecule has 0 aliphatic carbocycles. The van der Waals surface area contributed by atoms with E-state index in [4.69, 9.17) is 5.73 Å². The smallest absolute Gasteiger partial charge is 0.241 e. The quantitative estimate of drug-likeness (QED) is 0.624. The van der Waals surface area contributed by atoms with Gasteiger partial charge in [0.05, 0.1) is 5.69 Å². The molecule has 6 heteroatoms. The van der Waals surface area contributed by atoms with Crippen molar-refractivity contribution in [3.63, 3.8) is 0 Å². The zero-order valence-electron chi connectivity index (χ0n) is 9.65. The molecule has 0 aromatic carbocycles. The lowest BCUT2D eigenvalue weighted by Gasteiger charge is -2.00. The molecule has 1 rings (SSSR count). The van der Waals surface area contributed by atoms with E-state index >= 15 is 0 Å². The fourth-order valence-electron chi connectivity index (χ4n) is 1.38. The Morgan fingerprint density at radius 3 is 3.06 bits per heavy atom. The summed E-state index contributed by atoms with van der Waals surface area (Å²) in [5.41, 5.74) is 6.32. The van der Waals surface area contributed by atoms with Gasteiger partial charge in [-0.15, -0.1) is 5.10 Å². The maximum absolute atomic E-state index is 11.3. The first-order chi connectivity index (χ1) is 7.76. The lowest BCUT2D eigenvalue weighted by atomic mass is 10.2. The van der Waals surface area contributed by atoms with E-state index in [1.54, 1.807) is 4.68 Å². The fraction of sp³-hybridized carbons (Fsp3) is 0.700. The lowest BCUT2D eigenvalue weighted by Crippen LogP contribution is -2.27. The van der Waals surface area contributed by atoms with E-state index < -0.39 is 0 Å². The number of aromatic nitrogens is 3. The number of hydrogen-bond donors (Lipinski definition) is 2. The minimum atomic E-state index is -0.0408. The van der Waals surface area contributed by atoms with Crippen molar-refractivity contribution in [3.05, 3.63) is 11.9 Å². The van der Waals surface area contributed by atoms with Gasteiger partial charge >= 0.3 is 0 Å². The number of hydrogen-bond acceptors (Lipinski definition) is 4. The number of nitrogens with two attached hydrogens (primary N) is 1. The number of rotatable bonds is 7. The zero-order chi connectivity index (χ0) is 11.8. The van der Waals surface area contributed by atoms with E-state index in [1.165, 1.54) is 0 Å². The van der Waals surface area contributed by atoms with Crippen LogP contribution in [0.5, 0.6) is 0 Å². The van der Waals surface area contributed by atoms with Crippen molar-refractivity contribution in [2.45, 2.75) is 32.7 Å². The molecule has 0 radical (unpaired) electrons. The monoisotopic (exact) mass is 225 g/mol. The predicted octanol–water partition coefficient (Wildman–Crippen LogP) is -0.304. The Hall–Kier alpha value is -1.43. The number of carbonyl (C=O) groups is 1. The van der Waals surface area contributed by atoms with Gasteiger partial charge in [-0.2, -0.15) is 0 Å². The topological polar surface area (TPSA) is 85.8 Å². The van der Waals surface area contributed by atoms with Crippen LogP contribution in [0.4, 0.5) is 0 Å².